The number of hydrogen-bond acceptors (Lipinski definition) is 6. The molecule has 0 radical (unpaired) electrons. The number of rotatable bonds is 9. The van der Waals surface area contributed by atoms with Crippen molar-refractivity contribution in [3.8, 4) is 0 Å². The van der Waals surface area contributed by atoms with Crippen molar-refractivity contribution in [3.63, 3.8) is 0 Å². The lowest BCUT2D eigenvalue weighted by Gasteiger charge is -2.41. The van der Waals surface area contributed by atoms with E-state index in [0.29, 0.717) is 13.2 Å². The van der Waals surface area contributed by atoms with E-state index in [-0.39, 0.29) is 24.4 Å². The molecule has 2 saturated heterocycles. The third kappa shape index (κ3) is 4.65. The van der Waals surface area contributed by atoms with Gasteiger partial charge >= 0.3 is 0 Å². The van der Waals surface area contributed by atoms with E-state index in [2.05, 4.69) is 13.8 Å². The van der Waals surface area contributed by atoms with Crippen LogP contribution < -0.4 is 0 Å². The van der Waals surface area contributed by atoms with Crippen LogP contribution in [0.5, 0.6) is 0 Å². The van der Waals surface area contributed by atoms with Crippen LogP contribution in [0.25, 0.3) is 0 Å². The second-order valence-electron chi connectivity index (χ2n) is 6.35. The third-order valence-electron chi connectivity index (χ3n) is 4.39. The van der Waals surface area contributed by atoms with Crippen LogP contribution in [-0.2, 0) is 28.4 Å². The van der Waals surface area contributed by atoms with Crippen LogP contribution in [0, 0.1) is 0 Å². The predicted octanol–water partition coefficient (Wildman–Crippen LogP) is 2.84. The molecule has 0 N–H and O–H groups in total. The normalized spacial score (nSPS) is 40.3. The Kier molecular flexibility index (Phi) is 7.25. The maximum atomic E-state index is 6.12. The summed E-state index contributed by atoms with van der Waals surface area (Å²) in [7, 11) is 1.56. The average Bonchev–Trinajstić information content (AvgIpc) is 2.86. The summed E-state index contributed by atoms with van der Waals surface area (Å²) in [5, 5.41) is 0. The molecule has 2 rings (SSSR count). The first-order valence-corrected chi connectivity index (χ1v) is 8.84. The van der Waals surface area contributed by atoms with Gasteiger partial charge in [0.05, 0.1) is 6.10 Å². The molecule has 136 valence electrons. The number of hydrogen-bond donors (Lipinski definition) is 0. The van der Waals surface area contributed by atoms with E-state index in [0.717, 1.165) is 25.7 Å². The van der Waals surface area contributed by atoms with Crippen molar-refractivity contribution in [2.45, 2.75) is 90.1 Å². The summed E-state index contributed by atoms with van der Waals surface area (Å²) in [5.41, 5.74) is 0. The second kappa shape index (κ2) is 8.74. The summed E-state index contributed by atoms with van der Waals surface area (Å²) in [6, 6.07) is 0. The maximum Gasteiger partial charge on any atom is 0.282 e. The minimum absolute atomic E-state index is 0.123. The molecule has 0 bridgehead atoms. The van der Waals surface area contributed by atoms with Crippen molar-refractivity contribution in [2.75, 3.05) is 20.3 Å². The van der Waals surface area contributed by atoms with E-state index in [1.54, 1.807) is 14.0 Å². The topological polar surface area (TPSA) is 55.4 Å². The van der Waals surface area contributed by atoms with Crippen LogP contribution in [0.15, 0.2) is 0 Å². The predicted molar refractivity (Wildman–Crippen MR) is 85.0 cm³/mol. The number of ether oxygens (including phenoxy) is 6. The van der Waals surface area contributed by atoms with Gasteiger partial charge in [-0.3, -0.25) is 4.74 Å². The van der Waals surface area contributed by atoms with E-state index in [1.807, 2.05) is 6.92 Å². The molecule has 2 aliphatic heterocycles. The lowest BCUT2D eigenvalue weighted by atomic mass is 9.99. The van der Waals surface area contributed by atoms with Crippen molar-refractivity contribution in [1.82, 2.24) is 0 Å². The van der Waals surface area contributed by atoms with Crippen molar-refractivity contribution < 1.29 is 28.4 Å². The molecule has 23 heavy (non-hydrogen) atoms. The molecule has 2 aliphatic rings. The Morgan fingerprint density at radius 3 is 2.13 bits per heavy atom. The molecule has 0 saturated carbocycles. The standard InChI is InChI=1S/C17H32O6/c1-6-8-10-19-13-12(3)21-16-15(14(13)20-11-9-7-2)22-17(4,18-5)23-16/h12-16H,6-11H2,1-5H3/t12?,13-,14?,15?,16+,17?/m0/s1. The van der Waals surface area contributed by atoms with Gasteiger partial charge in [-0.05, 0) is 19.8 Å². The molecule has 0 aromatic heterocycles. The number of fused-ring (bicyclic) bond motifs is 1. The largest absolute Gasteiger partial charge is 0.373 e. The van der Waals surface area contributed by atoms with E-state index >= 15 is 0 Å². The lowest BCUT2D eigenvalue weighted by Crippen LogP contribution is -2.57. The Labute approximate surface area is 139 Å². The van der Waals surface area contributed by atoms with Crippen LogP contribution in [-0.4, -0.2) is 57.0 Å². The van der Waals surface area contributed by atoms with E-state index in [1.165, 1.54) is 0 Å². The van der Waals surface area contributed by atoms with Crippen LogP contribution in [0.4, 0.5) is 0 Å². The monoisotopic (exact) mass is 332 g/mol. The van der Waals surface area contributed by atoms with Gasteiger partial charge in [0.1, 0.15) is 18.3 Å². The van der Waals surface area contributed by atoms with Crippen molar-refractivity contribution in [1.29, 1.82) is 0 Å². The first-order chi connectivity index (χ1) is 11.0. The molecule has 6 heteroatoms. The van der Waals surface area contributed by atoms with Gasteiger partial charge in [-0.2, -0.15) is 0 Å². The van der Waals surface area contributed by atoms with Gasteiger partial charge in [0.15, 0.2) is 6.29 Å². The van der Waals surface area contributed by atoms with Crippen molar-refractivity contribution >= 4 is 0 Å². The van der Waals surface area contributed by atoms with Gasteiger partial charge in [-0.25, -0.2) is 0 Å². The summed E-state index contributed by atoms with van der Waals surface area (Å²) >= 11 is 0. The summed E-state index contributed by atoms with van der Waals surface area (Å²) in [5.74, 6) is -1.10. The third-order valence-corrected chi connectivity index (χ3v) is 4.39. The van der Waals surface area contributed by atoms with Gasteiger partial charge in [0.2, 0.25) is 0 Å². The van der Waals surface area contributed by atoms with Crippen LogP contribution in [0.3, 0.4) is 0 Å². The molecular weight excluding hydrogens is 300 g/mol. The highest BCUT2D eigenvalue weighted by molar-refractivity contribution is 4.94. The quantitative estimate of drug-likeness (QED) is 0.605. The molecule has 2 fully saturated rings. The number of methoxy groups -OCH3 is 1. The number of unbranched alkanes of at least 4 members (excludes halogenated alkanes) is 2. The van der Waals surface area contributed by atoms with Gasteiger partial charge in [-0.15, -0.1) is 0 Å². The zero-order valence-electron chi connectivity index (χ0n) is 15.1. The minimum Gasteiger partial charge on any atom is -0.373 e. The van der Waals surface area contributed by atoms with Crippen LogP contribution >= 0.6 is 0 Å². The Hall–Kier alpha value is -0.240. The molecule has 0 aromatic rings. The zero-order chi connectivity index (χ0) is 16.9. The summed E-state index contributed by atoms with van der Waals surface area (Å²) in [4.78, 5) is 0. The van der Waals surface area contributed by atoms with E-state index in [4.69, 9.17) is 28.4 Å². The Morgan fingerprint density at radius 1 is 0.957 bits per heavy atom. The molecular formula is C17H32O6. The van der Waals surface area contributed by atoms with E-state index in [9.17, 15) is 0 Å². The minimum atomic E-state index is -1.10. The zero-order valence-corrected chi connectivity index (χ0v) is 15.1. The maximum absolute atomic E-state index is 6.12. The van der Waals surface area contributed by atoms with Gasteiger partial charge in [-0.1, -0.05) is 26.7 Å². The summed E-state index contributed by atoms with van der Waals surface area (Å²) < 4.78 is 35.2. The lowest BCUT2D eigenvalue weighted by molar-refractivity contribution is -0.333. The Bertz CT molecular complexity index is 352. The molecule has 0 aliphatic carbocycles. The van der Waals surface area contributed by atoms with Crippen LogP contribution in [0.2, 0.25) is 0 Å². The highest BCUT2D eigenvalue weighted by atomic mass is 16.9. The highest BCUT2D eigenvalue weighted by Crippen LogP contribution is 2.38. The molecule has 4 unspecified atom stereocenters. The van der Waals surface area contributed by atoms with Crippen LogP contribution in [0.1, 0.15) is 53.4 Å². The Morgan fingerprint density at radius 2 is 1.57 bits per heavy atom. The average molecular weight is 332 g/mol. The smallest absolute Gasteiger partial charge is 0.282 e. The highest BCUT2D eigenvalue weighted by Gasteiger charge is 2.56. The fraction of sp³-hybridized carbons (Fsp3) is 1.00. The molecule has 0 spiro atoms. The SMILES string of the molecule is CCCCOC1C2OC(C)(OC)O[C@H]2OC(C)[C@@H]1OCCCC. The second-order valence-corrected chi connectivity index (χ2v) is 6.35. The van der Waals surface area contributed by atoms with Crippen molar-refractivity contribution in [3.05, 3.63) is 0 Å². The summed E-state index contributed by atoms with van der Waals surface area (Å²) in [6.07, 6.45) is 2.86. The fourth-order valence-corrected chi connectivity index (χ4v) is 2.92. The molecule has 6 nitrogen and oxygen atoms in total. The Balaban J connectivity index is 2.07. The first-order valence-electron chi connectivity index (χ1n) is 8.84. The molecule has 0 amide bonds. The molecule has 0 aromatic carbocycles. The van der Waals surface area contributed by atoms with E-state index < -0.39 is 12.3 Å². The van der Waals surface area contributed by atoms with Crippen molar-refractivity contribution in [2.24, 2.45) is 0 Å². The first kappa shape index (κ1) is 19.1. The van der Waals surface area contributed by atoms with Gasteiger partial charge < -0.3 is 23.7 Å². The fourth-order valence-electron chi connectivity index (χ4n) is 2.92. The van der Waals surface area contributed by atoms with Gasteiger partial charge in [0.25, 0.3) is 5.97 Å². The summed E-state index contributed by atoms with van der Waals surface area (Å²) in [6.45, 7) is 9.41. The van der Waals surface area contributed by atoms with Gasteiger partial charge in [0, 0.05) is 27.2 Å². The molecule has 2 heterocycles. The molecule has 6 atom stereocenters.